The van der Waals surface area contributed by atoms with Crippen LogP contribution < -0.4 is 15.5 Å². The molecule has 1 fully saturated rings. The molecule has 0 radical (unpaired) electrons. The van der Waals surface area contributed by atoms with Crippen molar-refractivity contribution in [1.82, 2.24) is 25.2 Å². The van der Waals surface area contributed by atoms with E-state index in [-0.39, 0.29) is 63.6 Å². The van der Waals surface area contributed by atoms with E-state index in [2.05, 4.69) is 73.4 Å². The molecule has 2 unspecified atom stereocenters. The number of rotatable bonds is 11. The first kappa shape index (κ1) is 46.6. The van der Waals surface area contributed by atoms with E-state index in [0.717, 1.165) is 16.3 Å². The van der Waals surface area contributed by atoms with Gasteiger partial charge in [-0.3, -0.25) is 14.4 Å². The first-order chi connectivity index (χ1) is 28.5. The largest absolute Gasteiger partial charge is 0.461 e. The molecule has 0 saturated heterocycles. The molecule has 3 aromatic carbocycles. The van der Waals surface area contributed by atoms with Gasteiger partial charge in [-0.25, -0.2) is 24.9 Å². The summed E-state index contributed by atoms with van der Waals surface area (Å²) in [6.45, 7) is 6.02. The number of pyridine rings is 1. The van der Waals surface area contributed by atoms with Crippen LogP contribution in [0.5, 0.6) is 11.5 Å². The van der Waals surface area contributed by atoms with Crippen molar-refractivity contribution in [3.05, 3.63) is 137 Å². The molecule has 13 nitrogen and oxygen atoms in total. The minimum Gasteiger partial charge on any atom is -0.461 e. The Balaban J connectivity index is 0.000000236. The summed E-state index contributed by atoms with van der Waals surface area (Å²) in [5, 5.41) is 8.35. The number of aromatic nitrogens is 3. The Morgan fingerprint density at radius 3 is 2.33 bits per heavy atom. The number of nitrogens with one attached hydrogen (secondary N) is 2. The number of methoxy groups -OCH3 is 1. The van der Waals surface area contributed by atoms with Gasteiger partial charge in [0.25, 0.3) is 11.8 Å². The average Bonchev–Trinajstić information content (AvgIpc) is 3.52. The first-order valence-electron chi connectivity index (χ1n) is 17.9. The summed E-state index contributed by atoms with van der Waals surface area (Å²) in [6.07, 6.45) is 2.42. The Morgan fingerprint density at radius 2 is 1.67 bits per heavy atom. The Labute approximate surface area is 386 Å². The van der Waals surface area contributed by atoms with Crippen LogP contribution in [0.25, 0.3) is 5.82 Å². The van der Waals surface area contributed by atoms with Gasteiger partial charge in [0.2, 0.25) is 0 Å². The van der Waals surface area contributed by atoms with E-state index in [1.54, 1.807) is 31.2 Å². The van der Waals surface area contributed by atoms with Crippen LogP contribution in [0.1, 0.15) is 47.2 Å². The zero-order valence-electron chi connectivity index (χ0n) is 32.2. The quantitative estimate of drug-likeness (QED) is 0.0972. The molecule has 6 rings (SSSR count). The third-order valence-corrected chi connectivity index (χ3v) is 11.1. The molecule has 0 aliphatic heterocycles. The second-order valence-corrected chi connectivity index (χ2v) is 17.4. The average molecular weight is 1070 g/mol. The van der Waals surface area contributed by atoms with Gasteiger partial charge < -0.3 is 19.5 Å². The summed E-state index contributed by atoms with van der Waals surface area (Å²) in [7, 11) is 1.18. The maximum absolute atomic E-state index is 13.3. The van der Waals surface area contributed by atoms with Crippen molar-refractivity contribution in [2.75, 3.05) is 19.0 Å². The lowest BCUT2D eigenvalue weighted by Crippen LogP contribution is -2.46. The number of amides is 3. The molecule has 0 bridgehead atoms. The smallest absolute Gasteiger partial charge is 0.425 e. The standard InChI is InChI=1S/C21H20Cl2O3.C20H16Br3ClN6O4/c1-21(2)17(12-18(22)23)19(21)20(24)25-13-14-7-6-10-16(11-14)26-15-8-4-3-5-9-15;1-3-29(28-20(33)34-2)19(32)11-7-10(21)8-12(22)16(11)26-18(31)14-9-15(23)27-30(14)17-13(24)5-4-6-25-17/h3-12,17,19H,13H2,1-2H3;4-9H,3H2,1-2H3,(H,26,31)(H,28,33). The molecule has 2 N–H and O–H groups in total. The second-order valence-electron chi connectivity index (χ2n) is 13.4. The number of hydrogen-bond acceptors (Lipinski definition) is 9. The van der Waals surface area contributed by atoms with Gasteiger partial charge in [0.15, 0.2) is 5.82 Å². The van der Waals surface area contributed by atoms with Crippen molar-refractivity contribution in [2.24, 2.45) is 17.3 Å². The molecule has 2 heterocycles. The van der Waals surface area contributed by atoms with Crippen LogP contribution in [0.3, 0.4) is 0 Å². The lowest BCUT2D eigenvalue weighted by molar-refractivity contribution is -0.147. The summed E-state index contributed by atoms with van der Waals surface area (Å²) in [5.41, 5.74) is 3.42. The lowest BCUT2D eigenvalue weighted by Gasteiger charge is -2.23. The number of carbonyl (C=O) groups is 4. The number of ether oxygens (including phenoxy) is 3. The maximum atomic E-state index is 13.3. The highest BCUT2D eigenvalue weighted by Crippen LogP contribution is 2.60. The molecule has 2 atom stereocenters. The van der Waals surface area contributed by atoms with Gasteiger partial charge in [-0.1, -0.05) is 94.9 Å². The highest BCUT2D eigenvalue weighted by molar-refractivity contribution is 9.11. The number of hydrogen-bond donors (Lipinski definition) is 2. The molecule has 5 aromatic rings. The van der Waals surface area contributed by atoms with Crippen LogP contribution >= 0.6 is 82.6 Å². The zero-order valence-corrected chi connectivity index (χ0v) is 39.2. The molecule has 19 heteroatoms. The van der Waals surface area contributed by atoms with Crippen molar-refractivity contribution >= 4 is 112 Å². The van der Waals surface area contributed by atoms with Gasteiger partial charge in [-0.05, 0) is 110 Å². The molecular weight excluding hydrogens is 1030 g/mol. The number of carbonyl (C=O) groups excluding carboxylic acids is 4. The monoisotopic (exact) mass is 1070 g/mol. The number of anilines is 1. The summed E-state index contributed by atoms with van der Waals surface area (Å²) in [4.78, 5) is 54.8. The number of nitrogens with zero attached hydrogens (tertiary/aromatic N) is 4. The number of benzene rings is 3. The van der Waals surface area contributed by atoms with Crippen LogP contribution in [0.4, 0.5) is 10.5 Å². The van der Waals surface area contributed by atoms with E-state index in [4.69, 9.17) is 44.3 Å². The van der Waals surface area contributed by atoms with E-state index in [1.165, 1.54) is 30.1 Å². The first-order valence-corrected chi connectivity index (χ1v) is 21.4. The molecular formula is C41H36Br3Cl3N6O7. The molecule has 60 heavy (non-hydrogen) atoms. The SMILES string of the molecule is CC1(C)C(C=C(Cl)Cl)C1C(=O)OCc1cccc(Oc2ccccc2)c1.CCN(NC(=O)OC)C(=O)c1cc(Br)cc(Br)c1NC(=O)c1cc(Br)nn1-c1ncccc1Cl. The van der Waals surface area contributed by atoms with E-state index in [9.17, 15) is 19.2 Å². The molecule has 1 saturated carbocycles. The Hall–Kier alpha value is -4.45. The minimum atomic E-state index is -0.809. The van der Waals surface area contributed by atoms with Crippen molar-refractivity contribution < 1.29 is 33.4 Å². The minimum absolute atomic E-state index is 0.00717. The molecule has 0 spiro atoms. The van der Waals surface area contributed by atoms with Crippen molar-refractivity contribution in [3.8, 4) is 17.3 Å². The van der Waals surface area contributed by atoms with E-state index >= 15 is 0 Å². The fraction of sp³-hybridized carbons (Fsp3) is 0.220. The van der Waals surface area contributed by atoms with Gasteiger partial charge >= 0.3 is 12.1 Å². The second kappa shape index (κ2) is 20.9. The van der Waals surface area contributed by atoms with Gasteiger partial charge in [-0.2, -0.15) is 5.10 Å². The lowest BCUT2D eigenvalue weighted by atomic mass is 10.1. The van der Waals surface area contributed by atoms with Gasteiger partial charge in [0, 0.05) is 27.8 Å². The summed E-state index contributed by atoms with van der Waals surface area (Å²) in [5.74, 6) is 0.103. The molecule has 314 valence electrons. The Morgan fingerprint density at radius 1 is 0.950 bits per heavy atom. The number of allylic oxidation sites excluding steroid dienone is 1. The Kier molecular flexibility index (Phi) is 16.2. The maximum Gasteiger partial charge on any atom is 0.425 e. The third kappa shape index (κ3) is 11.9. The Bertz CT molecular complexity index is 2410. The fourth-order valence-electron chi connectivity index (χ4n) is 5.97. The predicted octanol–water partition coefficient (Wildman–Crippen LogP) is 11.3. The number of esters is 1. The van der Waals surface area contributed by atoms with E-state index in [1.807, 2.05) is 68.4 Å². The van der Waals surface area contributed by atoms with Crippen molar-refractivity contribution in [1.29, 1.82) is 0 Å². The van der Waals surface area contributed by atoms with Crippen molar-refractivity contribution in [2.45, 2.75) is 27.4 Å². The number of para-hydroxylation sites is 1. The van der Waals surface area contributed by atoms with Crippen LogP contribution in [0.2, 0.25) is 5.02 Å². The summed E-state index contributed by atoms with van der Waals surface area (Å²) < 4.78 is 18.7. The number of hydrazine groups is 1. The predicted molar refractivity (Wildman–Crippen MR) is 239 cm³/mol. The highest BCUT2D eigenvalue weighted by Gasteiger charge is 2.61. The van der Waals surface area contributed by atoms with Crippen LogP contribution in [0.15, 0.2) is 115 Å². The van der Waals surface area contributed by atoms with E-state index in [0.29, 0.717) is 24.3 Å². The number of halogens is 6. The van der Waals surface area contributed by atoms with Crippen LogP contribution in [-0.4, -0.2) is 57.3 Å². The van der Waals surface area contributed by atoms with Crippen LogP contribution in [-0.2, 0) is 20.9 Å². The van der Waals surface area contributed by atoms with E-state index < -0.39 is 17.9 Å². The topological polar surface area (TPSA) is 154 Å². The summed E-state index contributed by atoms with van der Waals surface area (Å²) in [6, 6.07) is 25.0. The third-order valence-electron chi connectivity index (χ3n) is 9.08. The van der Waals surface area contributed by atoms with Gasteiger partial charge in [0.05, 0.1) is 29.3 Å². The molecule has 1 aliphatic rings. The van der Waals surface area contributed by atoms with Crippen LogP contribution in [0, 0.1) is 17.3 Å². The van der Waals surface area contributed by atoms with Gasteiger partial charge in [-0.15, -0.1) is 0 Å². The van der Waals surface area contributed by atoms with Gasteiger partial charge in [0.1, 0.15) is 32.9 Å². The highest BCUT2D eigenvalue weighted by atomic mass is 79.9. The summed E-state index contributed by atoms with van der Waals surface area (Å²) >= 11 is 27.7. The zero-order chi connectivity index (χ0) is 43.7. The van der Waals surface area contributed by atoms with Crippen molar-refractivity contribution in [3.63, 3.8) is 0 Å². The molecule has 3 amide bonds. The molecule has 2 aromatic heterocycles. The fourth-order valence-corrected chi connectivity index (χ4v) is 8.15. The normalized spacial score (nSPS) is 14.7. The molecule has 1 aliphatic carbocycles.